The van der Waals surface area contributed by atoms with Crippen LogP contribution in [0.3, 0.4) is 0 Å². The molecule has 0 aliphatic carbocycles. The predicted octanol–water partition coefficient (Wildman–Crippen LogP) is -8.09. The van der Waals surface area contributed by atoms with E-state index in [1.165, 1.54) is 41.7 Å². The molecule has 6 aromatic rings. The van der Waals surface area contributed by atoms with Gasteiger partial charge in [0.2, 0.25) is 76.8 Å². The number of phenolic OH excluding ortho intramolecular Hbond substituents is 1. The first-order valence-electron chi connectivity index (χ1n) is 40.6. The molecule has 3 aliphatic rings. The molecule has 3 aromatic carbocycles. The summed E-state index contributed by atoms with van der Waals surface area (Å²) in [5.41, 5.74) is 19.0. The molecular weight excluding hydrogens is 1640 g/mol. The fourth-order valence-electron chi connectivity index (χ4n) is 14.7. The van der Waals surface area contributed by atoms with Crippen molar-refractivity contribution in [2.45, 2.75) is 213 Å². The number of hydrogen-bond donors (Lipinski definition) is 27. The number of aliphatic hydroxyl groups excluding tert-OH is 8. The average molecular weight is 1750 g/mol. The summed E-state index contributed by atoms with van der Waals surface area (Å²) in [6.45, 7) is 0.280. The van der Waals surface area contributed by atoms with E-state index in [-0.39, 0.29) is 81.4 Å². The molecule has 45 nitrogen and oxygen atoms in total. The number of benzene rings is 3. The van der Waals surface area contributed by atoms with Crippen molar-refractivity contribution in [3.8, 4) is 5.75 Å². The second-order valence-corrected chi connectivity index (χ2v) is 31.1. The van der Waals surface area contributed by atoms with Crippen molar-refractivity contribution in [2.24, 2.45) is 23.1 Å². The van der Waals surface area contributed by atoms with E-state index in [1.807, 2.05) is 0 Å². The van der Waals surface area contributed by atoms with Crippen molar-refractivity contribution >= 4 is 105 Å². The summed E-state index contributed by atoms with van der Waals surface area (Å²) in [7, 11) is 0. The van der Waals surface area contributed by atoms with Gasteiger partial charge < -0.3 is 156 Å². The maximum atomic E-state index is 15.3. The number of fused-ring (bicyclic) bond motifs is 2. The highest BCUT2D eigenvalue weighted by Crippen LogP contribution is 2.30. The molecule has 0 spiro atoms. The molecule has 3 aliphatic heterocycles. The highest BCUT2D eigenvalue weighted by atomic mass is 16.7. The number of phenols is 1. The maximum absolute atomic E-state index is 15.3. The number of para-hydroxylation sites is 2. The second kappa shape index (κ2) is 45.9. The van der Waals surface area contributed by atoms with Gasteiger partial charge in [-0.1, -0.05) is 62.4 Å². The van der Waals surface area contributed by atoms with Gasteiger partial charge in [0, 0.05) is 104 Å². The Labute approximate surface area is 714 Å². The molecule has 19 atom stereocenters. The Balaban J connectivity index is 0.924. The number of nitrogens with two attached hydrogens (primary N) is 3. The topological polar surface area (TPSA) is 729 Å². The number of aromatic nitrogens is 4. The summed E-state index contributed by atoms with van der Waals surface area (Å²) in [5.74, 6) is -13.2. The summed E-state index contributed by atoms with van der Waals surface area (Å²) < 4.78 is 16.5. The molecule has 3 saturated heterocycles. The molecule has 0 saturated carbocycles. The number of rotatable bonds is 45. The van der Waals surface area contributed by atoms with E-state index in [1.54, 1.807) is 74.8 Å². The maximum Gasteiger partial charge on any atom is 0.245 e. The van der Waals surface area contributed by atoms with Gasteiger partial charge >= 0.3 is 0 Å². The lowest BCUT2D eigenvalue weighted by atomic mass is 9.96. The predicted molar refractivity (Wildman–Crippen MR) is 438 cm³/mol. The molecule has 9 rings (SSSR count). The lowest BCUT2D eigenvalue weighted by Gasteiger charge is -2.46. The van der Waals surface area contributed by atoms with Crippen LogP contribution in [0.1, 0.15) is 94.0 Å². The minimum Gasteiger partial charge on any atom is -0.508 e. The number of amides is 13. The number of aromatic amines is 3. The third-order valence-electron chi connectivity index (χ3n) is 21.3. The Morgan fingerprint density at radius 3 is 1.65 bits per heavy atom. The first-order chi connectivity index (χ1) is 59.6. The van der Waals surface area contributed by atoms with Crippen LogP contribution in [-0.4, -0.2) is 309 Å². The van der Waals surface area contributed by atoms with Gasteiger partial charge in [0.1, 0.15) is 109 Å². The molecule has 0 bridgehead atoms. The van der Waals surface area contributed by atoms with Crippen molar-refractivity contribution < 1.29 is 122 Å². The van der Waals surface area contributed by atoms with E-state index in [9.17, 15) is 89.1 Å². The monoisotopic (exact) mass is 1750 g/mol. The van der Waals surface area contributed by atoms with Crippen molar-refractivity contribution in [1.82, 2.24) is 83.3 Å². The van der Waals surface area contributed by atoms with Crippen LogP contribution in [0.2, 0.25) is 0 Å². The molecule has 6 heterocycles. The largest absolute Gasteiger partial charge is 0.508 e. The number of guanidine groups is 1. The zero-order valence-corrected chi connectivity index (χ0v) is 68.4. The Morgan fingerprint density at radius 1 is 0.560 bits per heavy atom. The molecular formula is C80H110N20O25. The van der Waals surface area contributed by atoms with Gasteiger partial charge in [0.25, 0.3) is 0 Å². The summed E-state index contributed by atoms with van der Waals surface area (Å²) in [5, 5.41) is 132. The van der Waals surface area contributed by atoms with Gasteiger partial charge in [0.15, 0.2) is 18.5 Å². The fraction of sp³-hybridized carbons (Fsp3) is 0.512. The Hall–Kier alpha value is -12.3. The molecule has 0 radical (unpaired) electrons. The van der Waals surface area contributed by atoms with E-state index in [2.05, 4.69) is 78.4 Å². The third kappa shape index (κ3) is 27.1. The number of nitrogens with one attached hydrogen (secondary N) is 15. The number of carbonyl (C=O) groups excluding carboxylic acids is 13. The Bertz CT molecular complexity index is 4720. The number of aliphatic hydroxyl groups is 8. The normalized spacial score (nSPS) is 21.9. The summed E-state index contributed by atoms with van der Waals surface area (Å²) >= 11 is 0. The van der Waals surface area contributed by atoms with Crippen LogP contribution in [0.15, 0.2) is 97.7 Å². The van der Waals surface area contributed by atoms with Gasteiger partial charge in [-0.25, -0.2) is 4.98 Å². The van der Waals surface area contributed by atoms with Crippen LogP contribution in [-0.2, 0) is 102 Å². The van der Waals surface area contributed by atoms with Crippen LogP contribution in [0.4, 0.5) is 0 Å². The highest BCUT2D eigenvalue weighted by molar-refractivity contribution is 6.00. The smallest absolute Gasteiger partial charge is 0.245 e. The quantitative estimate of drug-likeness (QED) is 0.00959. The van der Waals surface area contributed by atoms with E-state index >= 15 is 19.2 Å². The Morgan fingerprint density at radius 2 is 1.10 bits per heavy atom. The molecule has 680 valence electrons. The second-order valence-electron chi connectivity index (χ2n) is 31.1. The van der Waals surface area contributed by atoms with Gasteiger partial charge in [-0.2, -0.15) is 0 Å². The number of ether oxygens (including phenoxy) is 3. The lowest BCUT2D eigenvalue weighted by Crippen LogP contribution is -2.66. The van der Waals surface area contributed by atoms with Crippen molar-refractivity contribution in [2.75, 3.05) is 39.5 Å². The molecule has 0 unspecified atom stereocenters. The van der Waals surface area contributed by atoms with Crippen LogP contribution in [0.5, 0.6) is 5.75 Å². The number of H-pyrrole nitrogens is 3. The summed E-state index contributed by atoms with van der Waals surface area (Å²) in [6.07, 6.45) is -15.5. The summed E-state index contributed by atoms with van der Waals surface area (Å²) in [4.78, 5) is 198. The third-order valence-corrected chi connectivity index (χ3v) is 21.3. The molecule has 45 heteroatoms. The number of primary amides is 2. The van der Waals surface area contributed by atoms with Crippen molar-refractivity contribution in [3.05, 3.63) is 120 Å². The van der Waals surface area contributed by atoms with E-state index < -0.39 is 251 Å². The van der Waals surface area contributed by atoms with E-state index in [0.717, 1.165) is 0 Å². The molecule has 125 heavy (non-hydrogen) atoms. The molecule has 3 aromatic heterocycles. The average Bonchev–Trinajstić information content (AvgIpc) is 1.58. The number of hydrogen-bond acceptors (Lipinski definition) is 27. The minimum atomic E-state index is -2.03. The number of nitrogens with zero attached hydrogens (tertiary/aromatic N) is 2. The van der Waals surface area contributed by atoms with Gasteiger partial charge in [-0.15, -0.1) is 0 Å². The fourth-order valence-corrected chi connectivity index (χ4v) is 14.7. The van der Waals surface area contributed by atoms with Crippen molar-refractivity contribution in [1.29, 1.82) is 5.41 Å². The standard InChI is InChI=1S/C80H110N20O25/c1-38(2)25-50(70(115)92-49(13-7-23-86-80(83)84)78(122)100-24-8-14-56(100)76(121)89-33-60(82)106)93-72(117)52(27-40-30-87-46-11-5-3-9-44(40)46)95-71(116)51(26-39-15-17-43(104)18-16-39)94-75(120)55(34-101)98-73(118)53(28-41-31-88-47-12-6-4-10-45(41)47)96-74(119)54(29-42-32-85-37-90-42)97-69(114)48(19-20-59(81)105)91-61(107)21-22-62(108)99-77-66(112)65(111)68(58(36-103)123-77)125-79-67(113)64(110)63(109)57(35-102)124-79/h3-6,9-12,15-18,30-32,37-38,48-58,63-68,77,79,87-88,101-104,109-113H,7-8,13-14,19-29,33-36H2,1-2H3,(H2,81,105)(H2,82,106)(H,85,90)(H,89,121)(H,91,107)(H,92,115)(H,93,117)(H,94,120)(H,95,116)(H,96,119)(H,97,114)(H,98,118)(H,99,108)(H4,83,84,86)/t48-,49-,50-,51-,52+,53-,54-,55-,56-,57+,58+,63-,64-,65+,66+,67+,68+,77+,79-/m0/s1. The summed E-state index contributed by atoms with van der Waals surface area (Å²) in [6, 6.07) is 5.19. The molecule has 3 fully saturated rings. The zero-order valence-electron chi connectivity index (χ0n) is 68.4. The first-order valence-corrected chi connectivity index (χ1v) is 40.6. The van der Waals surface area contributed by atoms with E-state index in [0.29, 0.717) is 44.9 Å². The van der Waals surface area contributed by atoms with Crippen LogP contribution >= 0.6 is 0 Å². The zero-order chi connectivity index (χ0) is 90.9. The first kappa shape index (κ1) is 96.5. The number of likely N-dealkylation sites (tertiary alicyclic amines) is 1. The minimum absolute atomic E-state index is 0.0407. The molecule has 30 N–H and O–H groups in total. The SMILES string of the molecule is CC(C)C[C@H](NC(=O)[C@@H](Cc1c[nH]c2ccccc12)NC(=O)[C@H](Cc1ccc(O)cc1)NC(=O)[C@H](CO)NC(=O)[C@H](Cc1c[nH]c2ccccc12)NC(=O)[C@H](Cc1cnc[nH]1)NC(=O)[C@H](CCC(N)=O)NC(=O)CCC(=O)N[C@@H]1O[C@H](CO)[C@@H](O[C@@H]2O[C@H](CO)[C@H](O)[C@H](O)[C@H]2O)[C@H](O)[C@H]1O)C(=O)N[C@@H](CCCNC(=N)N)C(=O)N1CCC[C@H]1C(=O)NCC(N)=O. The highest BCUT2D eigenvalue weighted by Gasteiger charge is 2.51. The van der Waals surface area contributed by atoms with Gasteiger partial charge in [-0.05, 0) is 85.4 Å². The van der Waals surface area contributed by atoms with Crippen molar-refractivity contribution in [3.63, 3.8) is 0 Å². The number of imidazole rings is 1. The Kier molecular flexibility index (Phi) is 35.4. The number of aromatic hydroxyl groups is 1. The van der Waals surface area contributed by atoms with Crippen LogP contribution in [0.25, 0.3) is 21.8 Å². The van der Waals surface area contributed by atoms with Gasteiger partial charge in [0.05, 0.1) is 32.7 Å². The van der Waals surface area contributed by atoms with Gasteiger partial charge in [-0.3, -0.25) is 67.7 Å². The van der Waals surface area contributed by atoms with Crippen LogP contribution in [0, 0.1) is 11.3 Å². The van der Waals surface area contributed by atoms with Crippen LogP contribution < -0.4 is 75.7 Å². The number of carbonyl (C=O) groups is 13. The lowest BCUT2D eigenvalue weighted by molar-refractivity contribution is -0.343. The van der Waals surface area contributed by atoms with E-state index in [4.69, 9.17) is 36.8 Å². The molecule has 13 amide bonds.